The third-order valence-electron chi connectivity index (χ3n) is 3.16. The number of benzene rings is 1. The van der Waals surface area contributed by atoms with E-state index in [-0.39, 0.29) is 5.91 Å². The second-order valence-corrected chi connectivity index (χ2v) is 4.73. The topological polar surface area (TPSA) is 68.0 Å². The van der Waals surface area contributed by atoms with E-state index in [0.29, 0.717) is 6.42 Å². The van der Waals surface area contributed by atoms with E-state index in [0.717, 1.165) is 12.1 Å². The van der Waals surface area contributed by atoms with E-state index in [1.54, 1.807) is 12.4 Å². The molecule has 0 aliphatic rings. The molecule has 0 radical (unpaired) electrons. The first-order valence-electron chi connectivity index (χ1n) is 6.73. The van der Waals surface area contributed by atoms with E-state index >= 15 is 0 Å². The summed E-state index contributed by atoms with van der Waals surface area (Å²) in [5.41, 5.74) is 8.86. The van der Waals surface area contributed by atoms with Crippen molar-refractivity contribution in [3.8, 4) is 0 Å². The lowest BCUT2D eigenvalue weighted by atomic mass is 10.1. The van der Waals surface area contributed by atoms with E-state index in [1.165, 1.54) is 11.1 Å². The molecule has 1 amide bonds. The predicted molar refractivity (Wildman–Crippen MR) is 80.4 cm³/mol. The molecular formula is C16H19N3O. The van der Waals surface area contributed by atoms with E-state index in [1.807, 2.05) is 43.3 Å². The first-order chi connectivity index (χ1) is 9.69. The molecule has 2 aromatic rings. The number of pyridine rings is 1. The highest BCUT2D eigenvalue weighted by Crippen LogP contribution is 2.13. The Bertz CT molecular complexity index is 552. The van der Waals surface area contributed by atoms with Gasteiger partial charge in [0.2, 0.25) is 5.91 Å². The number of hydrogen-bond acceptors (Lipinski definition) is 3. The summed E-state index contributed by atoms with van der Waals surface area (Å²) in [5.74, 6) is -0.144. The molecule has 1 heterocycles. The highest BCUT2D eigenvalue weighted by atomic mass is 16.2. The summed E-state index contributed by atoms with van der Waals surface area (Å²) < 4.78 is 0. The van der Waals surface area contributed by atoms with Crippen LogP contribution in [-0.4, -0.2) is 16.9 Å². The number of aromatic nitrogens is 1. The Morgan fingerprint density at radius 1 is 1.15 bits per heavy atom. The van der Waals surface area contributed by atoms with Gasteiger partial charge in [0, 0.05) is 18.1 Å². The van der Waals surface area contributed by atoms with Crippen LogP contribution in [0.5, 0.6) is 0 Å². The second-order valence-electron chi connectivity index (χ2n) is 4.73. The minimum Gasteiger partial charge on any atom is -0.325 e. The van der Waals surface area contributed by atoms with Gasteiger partial charge in [-0.15, -0.1) is 0 Å². The number of carbonyl (C=O) groups is 1. The molecule has 4 heteroatoms. The molecule has 1 atom stereocenters. The highest BCUT2D eigenvalue weighted by Gasteiger charge is 2.10. The zero-order chi connectivity index (χ0) is 14.4. The lowest BCUT2D eigenvalue weighted by Crippen LogP contribution is -2.34. The average molecular weight is 269 g/mol. The number of hydrogen-bond donors (Lipinski definition) is 2. The fourth-order valence-electron chi connectivity index (χ4n) is 1.86. The Kier molecular flexibility index (Phi) is 4.85. The van der Waals surface area contributed by atoms with Crippen LogP contribution < -0.4 is 11.1 Å². The molecule has 0 bridgehead atoms. The van der Waals surface area contributed by atoms with Crippen molar-refractivity contribution in [1.29, 1.82) is 0 Å². The standard InChI is InChI=1S/C16H19N3O/c1-2-15(17)16(20)19-14-5-3-12(4-6-14)11-13-7-9-18-10-8-13/h3-10,15H,2,11,17H2,1H3,(H,19,20)/t15-/m0/s1. The largest absolute Gasteiger partial charge is 0.325 e. The normalized spacial score (nSPS) is 11.9. The summed E-state index contributed by atoms with van der Waals surface area (Å²) in [6, 6.07) is 11.4. The van der Waals surface area contributed by atoms with Crippen molar-refractivity contribution < 1.29 is 4.79 Å². The molecule has 1 aromatic heterocycles. The van der Waals surface area contributed by atoms with Crippen LogP contribution in [0.25, 0.3) is 0 Å². The van der Waals surface area contributed by atoms with Gasteiger partial charge >= 0.3 is 0 Å². The van der Waals surface area contributed by atoms with Gasteiger partial charge in [0.05, 0.1) is 6.04 Å². The van der Waals surface area contributed by atoms with Gasteiger partial charge in [0.1, 0.15) is 0 Å². The van der Waals surface area contributed by atoms with Crippen LogP contribution in [0.1, 0.15) is 24.5 Å². The summed E-state index contributed by atoms with van der Waals surface area (Å²) in [6.07, 6.45) is 5.06. The first kappa shape index (κ1) is 14.2. The highest BCUT2D eigenvalue weighted by molar-refractivity contribution is 5.94. The van der Waals surface area contributed by atoms with Crippen LogP contribution in [0, 0.1) is 0 Å². The maximum absolute atomic E-state index is 11.7. The Labute approximate surface area is 119 Å². The van der Waals surface area contributed by atoms with Gasteiger partial charge in [-0.25, -0.2) is 0 Å². The fraction of sp³-hybridized carbons (Fsp3) is 0.250. The van der Waals surface area contributed by atoms with Crippen molar-refractivity contribution in [1.82, 2.24) is 4.98 Å². The van der Waals surface area contributed by atoms with Crippen LogP contribution in [0.3, 0.4) is 0 Å². The molecule has 104 valence electrons. The van der Waals surface area contributed by atoms with Crippen molar-refractivity contribution in [2.45, 2.75) is 25.8 Å². The Balaban J connectivity index is 1.98. The smallest absolute Gasteiger partial charge is 0.241 e. The third kappa shape index (κ3) is 3.90. The van der Waals surface area contributed by atoms with Crippen LogP contribution in [0.2, 0.25) is 0 Å². The summed E-state index contributed by atoms with van der Waals surface area (Å²) in [6.45, 7) is 1.89. The molecule has 2 rings (SSSR count). The van der Waals surface area contributed by atoms with E-state index in [9.17, 15) is 4.79 Å². The minimum absolute atomic E-state index is 0.144. The molecule has 0 saturated carbocycles. The number of anilines is 1. The van der Waals surface area contributed by atoms with E-state index in [2.05, 4.69) is 10.3 Å². The molecule has 1 aromatic carbocycles. The molecule has 0 unspecified atom stereocenters. The van der Waals surface area contributed by atoms with Crippen LogP contribution >= 0.6 is 0 Å². The maximum atomic E-state index is 11.7. The molecule has 0 aliphatic carbocycles. The lowest BCUT2D eigenvalue weighted by Gasteiger charge is -2.10. The second kappa shape index (κ2) is 6.82. The summed E-state index contributed by atoms with van der Waals surface area (Å²) in [7, 11) is 0. The quantitative estimate of drug-likeness (QED) is 0.875. The van der Waals surface area contributed by atoms with Gasteiger partial charge in [-0.3, -0.25) is 9.78 Å². The average Bonchev–Trinajstić information content (AvgIpc) is 2.49. The Hall–Kier alpha value is -2.20. The van der Waals surface area contributed by atoms with Crippen LogP contribution in [0.4, 0.5) is 5.69 Å². The number of rotatable bonds is 5. The number of nitrogens with zero attached hydrogens (tertiary/aromatic N) is 1. The van der Waals surface area contributed by atoms with E-state index in [4.69, 9.17) is 5.73 Å². The van der Waals surface area contributed by atoms with Crippen molar-refractivity contribution >= 4 is 11.6 Å². The molecule has 0 saturated heterocycles. The van der Waals surface area contributed by atoms with Crippen molar-refractivity contribution in [3.05, 3.63) is 59.9 Å². The molecular weight excluding hydrogens is 250 g/mol. The lowest BCUT2D eigenvalue weighted by molar-refractivity contribution is -0.117. The van der Waals surface area contributed by atoms with Gasteiger partial charge in [0.15, 0.2) is 0 Å². The predicted octanol–water partition coefficient (Wildman–Crippen LogP) is 2.35. The summed E-state index contributed by atoms with van der Waals surface area (Å²) in [4.78, 5) is 15.7. The number of amides is 1. The van der Waals surface area contributed by atoms with Gasteiger partial charge in [0.25, 0.3) is 0 Å². The zero-order valence-electron chi connectivity index (χ0n) is 11.5. The molecule has 0 fully saturated rings. The Morgan fingerprint density at radius 2 is 1.75 bits per heavy atom. The summed E-state index contributed by atoms with van der Waals surface area (Å²) >= 11 is 0. The van der Waals surface area contributed by atoms with Gasteiger partial charge in [-0.2, -0.15) is 0 Å². The Morgan fingerprint density at radius 3 is 2.35 bits per heavy atom. The number of nitrogens with one attached hydrogen (secondary N) is 1. The molecule has 0 aliphatic heterocycles. The van der Waals surface area contributed by atoms with Crippen LogP contribution in [-0.2, 0) is 11.2 Å². The maximum Gasteiger partial charge on any atom is 0.241 e. The fourth-order valence-corrected chi connectivity index (χ4v) is 1.86. The molecule has 20 heavy (non-hydrogen) atoms. The first-order valence-corrected chi connectivity index (χ1v) is 6.73. The van der Waals surface area contributed by atoms with Gasteiger partial charge < -0.3 is 11.1 Å². The number of carbonyl (C=O) groups excluding carboxylic acids is 1. The molecule has 0 spiro atoms. The monoisotopic (exact) mass is 269 g/mol. The molecule has 4 nitrogen and oxygen atoms in total. The van der Waals surface area contributed by atoms with Crippen molar-refractivity contribution in [3.63, 3.8) is 0 Å². The van der Waals surface area contributed by atoms with E-state index < -0.39 is 6.04 Å². The van der Waals surface area contributed by atoms with Gasteiger partial charge in [-0.05, 0) is 48.2 Å². The van der Waals surface area contributed by atoms with Crippen molar-refractivity contribution in [2.24, 2.45) is 5.73 Å². The minimum atomic E-state index is -0.452. The third-order valence-corrected chi connectivity index (χ3v) is 3.16. The SMILES string of the molecule is CC[C@H](N)C(=O)Nc1ccc(Cc2ccncc2)cc1. The zero-order valence-corrected chi connectivity index (χ0v) is 11.5. The summed E-state index contributed by atoms with van der Waals surface area (Å²) in [5, 5.41) is 2.81. The van der Waals surface area contributed by atoms with Crippen molar-refractivity contribution in [2.75, 3.05) is 5.32 Å². The van der Waals surface area contributed by atoms with Gasteiger partial charge in [-0.1, -0.05) is 19.1 Å². The number of nitrogens with two attached hydrogens (primary N) is 1. The van der Waals surface area contributed by atoms with Crippen LogP contribution in [0.15, 0.2) is 48.8 Å². The molecule has 3 N–H and O–H groups in total.